The molecule has 13 heteroatoms. The van der Waals surface area contributed by atoms with Crippen molar-refractivity contribution in [3.05, 3.63) is 0 Å². The van der Waals surface area contributed by atoms with E-state index in [1.807, 2.05) is 0 Å². The lowest BCUT2D eigenvalue weighted by molar-refractivity contribution is -0.171. The zero-order valence-electron chi connectivity index (χ0n) is 40.5. The highest BCUT2D eigenvalue weighted by Gasteiger charge is 2.41. The zero-order valence-corrected chi connectivity index (χ0v) is 40.5. The summed E-state index contributed by atoms with van der Waals surface area (Å²) in [5.41, 5.74) is 0. The Morgan fingerprint density at radius 1 is 0.358 bits per heavy atom. The van der Waals surface area contributed by atoms with E-state index in [2.05, 4.69) is 5.32 Å². The van der Waals surface area contributed by atoms with Crippen molar-refractivity contribution in [2.45, 2.75) is 192 Å². The Kier molecular flexibility index (Phi) is 18.8. The second-order valence-electron chi connectivity index (χ2n) is 22.5. The number of carbonyl (C=O) groups excluding carboxylic acids is 6. The molecule has 0 aromatic heterocycles. The van der Waals surface area contributed by atoms with E-state index in [1.165, 1.54) is 77.0 Å². The number of rotatable bonds is 22. The highest BCUT2D eigenvalue weighted by Crippen LogP contribution is 2.47. The Balaban J connectivity index is 0.737. The highest BCUT2D eigenvalue weighted by molar-refractivity contribution is 5.75. The van der Waals surface area contributed by atoms with Crippen LogP contribution < -0.4 is 5.32 Å². The highest BCUT2D eigenvalue weighted by atomic mass is 16.6. The maximum atomic E-state index is 13.2. The first-order valence-electron chi connectivity index (χ1n) is 27.4. The van der Waals surface area contributed by atoms with Gasteiger partial charge in [0.15, 0.2) is 12.2 Å². The summed E-state index contributed by atoms with van der Waals surface area (Å²) in [6, 6.07) is 0. The van der Waals surface area contributed by atoms with Crippen LogP contribution in [-0.2, 0) is 57.2 Å². The van der Waals surface area contributed by atoms with Crippen LogP contribution in [0.15, 0.2) is 0 Å². The number of hydrogen-bond acceptors (Lipinski definition) is 13. The predicted molar refractivity (Wildman–Crippen MR) is 248 cm³/mol. The van der Waals surface area contributed by atoms with Gasteiger partial charge >= 0.3 is 35.8 Å². The number of fused-ring (bicyclic) bond motifs is 4. The molecule has 8 aliphatic rings. The lowest BCUT2D eigenvalue weighted by Gasteiger charge is -2.31. The van der Waals surface area contributed by atoms with Crippen LogP contribution in [0.2, 0.25) is 0 Å². The van der Waals surface area contributed by atoms with Crippen molar-refractivity contribution in [1.29, 1.82) is 0 Å². The molecular weight excluding hydrogens is 855 g/mol. The Morgan fingerprint density at radius 3 is 0.910 bits per heavy atom. The summed E-state index contributed by atoms with van der Waals surface area (Å²) >= 11 is 0. The molecule has 0 radical (unpaired) electrons. The Bertz CT molecular complexity index is 1460. The molecule has 0 heterocycles. The molecule has 0 aromatic carbocycles. The maximum Gasteiger partial charge on any atom is 0.309 e. The van der Waals surface area contributed by atoms with E-state index < -0.39 is 24.1 Å². The van der Waals surface area contributed by atoms with Gasteiger partial charge < -0.3 is 33.7 Å². The van der Waals surface area contributed by atoms with Crippen LogP contribution in [0.25, 0.3) is 0 Å². The number of esters is 6. The SMILES string of the molecule is O=C(CCCNCCCC(=O)OC(COC(=O)C1CCC2CCCC2C1)COC(=O)C1CCC2CCCC2C1)OC(COC(=O)C1CCC2CCCC2C1)COC(=O)C1CCC2CCCC2C1. The molecule has 8 saturated carbocycles. The molecule has 13 nitrogen and oxygen atoms in total. The van der Waals surface area contributed by atoms with Gasteiger partial charge in [0.25, 0.3) is 0 Å². The van der Waals surface area contributed by atoms with Crippen molar-refractivity contribution in [2.75, 3.05) is 39.5 Å². The minimum atomic E-state index is -0.875. The molecule has 12 unspecified atom stereocenters. The third-order valence-electron chi connectivity index (χ3n) is 18.2. The van der Waals surface area contributed by atoms with Gasteiger partial charge in [-0.05, 0) is 150 Å². The first-order valence-corrected chi connectivity index (χ1v) is 27.4. The minimum absolute atomic E-state index is 0.119. The molecule has 8 rings (SSSR count). The summed E-state index contributed by atoms with van der Waals surface area (Å²) in [6.45, 7) is 0.459. The van der Waals surface area contributed by atoms with Crippen molar-refractivity contribution in [1.82, 2.24) is 5.32 Å². The number of hydrogen-bond donors (Lipinski definition) is 1. The van der Waals surface area contributed by atoms with E-state index in [9.17, 15) is 28.8 Å². The smallest absolute Gasteiger partial charge is 0.309 e. The second kappa shape index (κ2) is 25.1. The molecule has 0 aromatic rings. The topological polar surface area (TPSA) is 170 Å². The van der Waals surface area contributed by atoms with Crippen molar-refractivity contribution in [3.63, 3.8) is 0 Å². The maximum absolute atomic E-state index is 13.2. The van der Waals surface area contributed by atoms with E-state index in [-0.39, 0.29) is 86.8 Å². The molecule has 8 aliphatic carbocycles. The van der Waals surface area contributed by atoms with Gasteiger partial charge in [0.2, 0.25) is 0 Å². The van der Waals surface area contributed by atoms with Crippen LogP contribution in [-0.4, -0.2) is 87.5 Å². The molecule has 67 heavy (non-hydrogen) atoms. The monoisotopic (exact) mass is 938 g/mol. The van der Waals surface area contributed by atoms with Gasteiger partial charge in [-0.3, -0.25) is 28.8 Å². The standard InChI is InChI=1S/C54H83NO12/c56-49(66-47(31-62-51(58)43-21-17-35-7-1-11-39(35)27-43)32-63-52(59)44-22-18-36-8-2-12-40(36)28-44)15-5-25-55-26-6-16-50(57)67-48(33-64-53(60)45-23-19-37-9-3-13-41(37)29-45)34-65-54(61)46-24-20-38-10-4-14-42(38)30-46/h35-48,55H,1-34H2. The summed E-state index contributed by atoms with van der Waals surface area (Å²) in [7, 11) is 0. The lowest BCUT2D eigenvalue weighted by Crippen LogP contribution is -2.35. The minimum Gasteiger partial charge on any atom is -0.461 e. The van der Waals surface area contributed by atoms with E-state index in [4.69, 9.17) is 28.4 Å². The largest absolute Gasteiger partial charge is 0.461 e. The van der Waals surface area contributed by atoms with Gasteiger partial charge in [-0.25, -0.2) is 0 Å². The number of carbonyl (C=O) groups is 6. The van der Waals surface area contributed by atoms with Crippen molar-refractivity contribution in [3.8, 4) is 0 Å². The van der Waals surface area contributed by atoms with Gasteiger partial charge in [0.05, 0.1) is 23.7 Å². The fourth-order valence-electron chi connectivity index (χ4n) is 14.4. The average Bonchev–Trinajstić information content (AvgIpc) is 4.19. The summed E-state index contributed by atoms with van der Waals surface area (Å²) in [5, 5.41) is 3.28. The quantitative estimate of drug-likeness (QED) is 0.0621. The lowest BCUT2D eigenvalue weighted by atomic mass is 9.76. The van der Waals surface area contributed by atoms with Gasteiger partial charge in [-0.15, -0.1) is 0 Å². The third kappa shape index (κ3) is 14.4. The van der Waals surface area contributed by atoms with Crippen LogP contribution in [0.3, 0.4) is 0 Å². The van der Waals surface area contributed by atoms with Gasteiger partial charge in [0, 0.05) is 12.8 Å². The molecule has 8 fully saturated rings. The molecule has 0 aliphatic heterocycles. The van der Waals surface area contributed by atoms with Crippen molar-refractivity contribution >= 4 is 35.8 Å². The molecule has 0 spiro atoms. The Labute approximate surface area is 399 Å². The van der Waals surface area contributed by atoms with Gasteiger partial charge in [-0.2, -0.15) is 0 Å². The summed E-state index contributed by atoms with van der Waals surface area (Å²) in [6.07, 6.45) is 25.1. The Hall–Kier alpha value is -3.22. The molecule has 0 amide bonds. The zero-order chi connectivity index (χ0) is 46.5. The molecule has 1 N–H and O–H groups in total. The van der Waals surface area contributed by atoms with E-state index >= 15 is 0 Å². The van der Waals surface area contributed by atoms with E-state index in [1.54, 1.807) is 0 Å². The van der Waals surface area contributed by atoms with Gasteiger partial charge in [0.1, 0.15) is 26.4 Å². The third-order valence-corrected chi connectivity index (χ3v) is 18.2. The summed E-state index contributed by atoms with van der Waals surface area (Å²) in [5.74, 6) is 2.81. The molecule has 0 bridgehead atoms. The first kappa shape index (κ1) is 50.2. The second-order valence-corrected chi connectivity index (χ2v) is 22.5. The van der Waals surface area contributed by atoms with E-state index in [0.29, 0.717) is 49.6 Å². The van der Waals surface area contributed by atoms with Crippen LogP contribution in [0.5, 0.6) is 0 Å². The van der Waals surface area contributed by atoms with E-state index in [0.717, 1.165) is 101 Å². The fourth-order valence-corrected chi connectivity index (χ4v) is 14.4. The fraction of sp³-hybridized carbons (Fsp3) is 0.889. The predicted octanol–water partition coefficient (Wildman–Crippen LogP) is 9.00. The van der Waals surface area contributed by atoms with Crippen LogP contribution in [0.1, 0.15) is 180 Å². The molecular formula is C54H83NO12. The molecule has 376 valence electrons. The molecule has 12 atom stereocenters. The number of nitrogens with one attached hydrogen (secondary N) is 1. The Morgan fingerprint density at radius 2 is 0.627 bits per heavy atom. The van der Waals surface area contributed by atoms with Crippen LogP contribution >= 0.6 is 0 Å². The average molecular weight is 938 g/mol. The normalized spacial score (nSPS) is 34.0. The van der Waals surface area contributed by atoms with Gasteiger partial charge in [-0.1, -0.05) is 77.0 Å². The first-order chi connectivity index (χ1) is 32.6. The summed E-state index contributed by atoms with van der Waals surface area (Å²) < 4.78 is 34.6. The molecule has 0 saturated heterocycles. The van der Waals surface area contributed by atoms with Crippen molar-refractivity contribution < 1.29 is 57.2 Å². The van der Waals surface area contributed by atoms with Crippen molar-refractivity contribution in [2.24, 2.45) is 71.0 Å². The summed E-state index contributed by atoms with van der Waals surface area (Å²) in [4.78, 5) is 78.9. The van der Waals surface area contributed by atoms with Crippen LogP contribution in [0.4, 0.5) is 0 Å². The number of ether oxygens (including phenoxy) is 6. The van der Waals surface area contributed by atoms with Crippen LogP contribution in [0, 0.1) is 71.0 Å².